The van der Waals surface area contributed by atoms with Crippen molar-refractivity contribution in [3.8, 4) is 16.9 Å². The van der Waals surface area contributed by atoms with Crippen molar-refractivity contribution in [3.63, 3.8) is 0 Å². The molecule has 0 saturated carbocycles. The number of phenolic OH excluding ortho intramolecular Hbond substituents is 1. The molecule has 2 rings (SSSR count). The van der Waals surface area contributed by atoms with E-state index in [0.29, 0.717) is 11.3 Å². The summed E-state index contributed by atoms with van der Waals surface area (Å²) in [5.74, 6) is -0.589. The zero-order valence-corrected chi connectivity index (χ0v) is 12.1. The molecule has 2 N–H and O–H groups in total. The van der Waals surface area contributed by atoms with Crippen molar-refractivity contribution in [2.45, 2.75) is 27.7 Å². The fraction of sp³-hybridized carbons (Fsp3) is 0.235. The van der Waals surface area contributed by atoms with E-state index < -0.39 is 5.97 Å². The van der Waals surface area contributed by atoms with E-state index >= 15 is 0 Å². The molecule has 20 heavy (non-hydrogen) atoms. The standard InChI is InChI=1S/C17H18O3/c1-9-5-13(6-10(2)15(9)17(19)20)14-7-11(3)16(18)12(4)8-14/h5-8,18H,1-4H3,(H,19,20). The largest absolute Gasteiger partial charge is 0.507 e. The molecule has 0 amide bonds. The summed E-state index contributed by atoms with van der Waals surface area (Å²) < 4.78 is 0. The second-order valence-corrected chi connectivity index (χ2v) is 5.25. The number of aromatic hydroxyl groups is 1. The van der Waals surface area contributed by atoms with Crippen molar-refractivity contribution in [1.29, 1.82) is 0 Å². The second-order valence-electron chi connectivity index (χ2n) is 5.25. The van der Waals surface area contributed by atoms with Crippen LogP contribution in [0.4, 0.5) is 0 Å². The van der Waals surface area contributed by atoms with E-state index in [1.165, 1.54) is 0 Å². The summed E-state index contributed by atoms with van der Waals surface area (Å²) in [5, 5.41) is 19.0. The van der Waals surface area contributed by atoms with Gasteiger partial charge in [0.15, 0.2) is 0 Å². The summed E-state index contributed by atoms with van der Waals surface area (Å²) in [7, 11) is 0. The smallest absolute Gasteiger partial charge is 0.336 e. The minimum absolute atomic E-state index is 0.310. The van der Waals surface area contributed by atoms with E-state index in [9.17, 15) is 15.0 Å². The molecule has 2 aromatic rings. The quantitative estimate of drug-likeness (QED) is 0.867. The zero-order valence-electron chi connectivity index (χ0n) is 12.1. The lowest BCUT2D eigenvalue weighted by molar-refractivity contribution is 0.0695. The monoisotopic (exact) mass is 270 g/mol. The number of aryl methyl sites for hydroxylation is 4. The van der Waals surface area contributed by atoms with Crippen molar-refractivity contribution in [1.82, 2.24) is 0 Å². The van der Waals surface area contributed by atoms with Crippen LogP contribution in [0.2, 0.25) is 0 Å². The summed E-state index contributed by atoms with van der Waals surface area (Å²) >= 11 is 0. The summed E-state index contributed by atoms with van der Waals surface area (Å²) in [4.78, 5) is 11.2. The molecule has 0 unspecified atom stereocenters. The number of carboxylic acids is 1. The maximum atomic E-state index is 11.2. The lowest BCUT2D eigenvalue weighted by Gasteiger charge is -2.12. The van der Waals surface area contributed by atoms with Crippen molar-refractivity contribution in [2.75, 3.05) is 0 Å². The molecule has 0 radical (unpaired) electrons. The molecule has 0 aliphatic heterocycles. The topological polar surface area (TPSA) is 57.5 Å². The highest BCUT2D eigenvalue weighted by Gasteiger charge is 2.13. The highest BCUT2D eigenvalue weighted by Crippen LogP contribution is 2.31. The highest BCUT2D eigenvalue weighted by atomic mass is 16.4. The Balaban J connectivity index is 2.63. The fourth-order valence-electron chi connectivity index (χ4n) is 2.59. The molecular weight excluding hydrogens is 252 g/mol. The summed E-state index contributed by atoms with van der Waals surface area (Å²) in [6, 6.07) is 7.58. The summed E-state index contributed by atoms with van der Waals surface area (Å²) in [6.45, 7) is 7.33. The van der Waals surface area contributed by atoms with Crippen LogP contribution in [0.25, 0.3) is 11.1 Å². The predicted molar refractivity (Wildman–Crippen MR) is 79.5 cm³/mol. The number of benzene rings is 2. The number of carbonyl (C=O) groups is 1. The minimum Gasteiger partial charge on any atom is -0.507 e. The number of aromatic carboxylic acids is 1. The number of carboxylic acid groups (broad SMARTS) is 1. The van der Waals surface area contributed by atoms with Gasteiger partial charge in [0.25, 0.3) is 0 Å². The molecule has 0 aromatic heterocycles. The van der Waals surface area contributed by atoms with Gasteiger partial charge in [-0.1, -0.05) is 12.1 Å². The first kappa shape index (κ1) is 14.1. The van der Waals surface area contributed by atoms with Crippen LogP contribution < -0.4 is 0 Å². The van der Waals surface area contributed by atoms with Gasteiger partial charge in [0, 0.05) is 0 Å². The molecule has 104 valence electrons. The van der Waals surface area contributed by atoms with E-state index in [1.54, 1.807) is 13.8 Å². The molecule has 0 spiro atoms. The average Bonchev–Trinajstić information content (AvgIpc) is 2.33. The van der Waals surface area contributed by atoms with Gasteiger partial charge in [0.05, 0.1) is 5.56 Å². The molecular formula is C17H18O3. The number of rotatable bonds is 2. The first-order valence-electron chi connectivity index (χ1n) is 6.46. The molecule has 2 aromatic carbocycles. The Morgan fingerprint density at radius 2 is 1.15 bits per heavy atom. The van der Waals surface area contributed by atoms with Crippen molar-refractivity contribution in [2.24, 2.45) is 0 Å². The van der Waals surface area contributed by atoms with Gasteiger partial charge in [-0.15, -0.1) is 0 Å². The van der Waals surface area contributed by atoms with E-state index in [0.717, 1.165) is 33.4 Å². The number of phenols is 1. The molecule has 0 aliphatic carbocycles. The SMILES string of the molecule is Cc1cc(-c2cc(C)c(C(=O)O)c(C)c2)cc(C)c1O. The summed E-state index contributed by atoms with van der Waals surface area (Å²) in [6.07, 6.45) is 0. The molecule has 3 nitrogen and oxygen atoms in total. The van der Waals surface area contributed by atoms with Crippen molar-refractivity contribution >= 4 is 5.97 Å². The molecule has 0 bridgehead atoms. The Morgan fingerprint density at radius 1 is 0.800 bits per heavy atom. The maximum absolute atomic E-state index is 11.2. The minimum atomic E-state index is -0.899. The molecule has 0 aliphatic rings. The van der Waals surface area contributed by atoms with Crippen LogP contribution in [0.1, 0.15) is 32.6 Å². The average molecular weight is 270 g/mol. The van der Waals surface area contributed by atoms with E-state index in [-0.39, 0.29) is 0 Å². The van der Waals surface area contributed by atoms with Gasteiger partial charge in [-0.3, -0.25) is 0 Å². The van der Waals surface area contributed by atoms with Gasteiger partial charge in [0.2, 0.25) is 0 Å². The van der Waals surface area contributed by atoms with Crippen molar-refractivity contribution < 1.29 is 15.0 Å². The van der Waals surface area contributed by atoms with Crippen LogP contribution >= 0.6 is 0 Å². The predicted octanol–water partition coefficient (Wildman–Crippen LogP) is 3.99. The maximum Gasteiger partial charge on any atom is 0.336 e. The zero-order chi connectivity index (χ0) is 15.0. The number of hydrogen-bond donors (Lipinski definition) is 2. The van der Waals surface area contributed by atoms with Gasteiger partial charge in [-0.25, -0.2) is 4.79 Å². The van der Waals surface area contributed by atoms with Crippen LogP contribution in [0, 0.1) is 27.7 Å². The van der Waals surface area contributed by atoms with Crippen LogP contribution in [0.15, 0.2) is 24.3 Å². The third-order valence-corrected chi connectivity index (χ3v) is 3.57. The van der Waals surface area contributed by atoms with Crippen LogP contribution in [0.3, 0.4) is 0 Å². The Kier molecular flexibility index (Phi) is 3.53. The van der Waals surface area contributed by atoms with Crippen LogP contribution in [-0.4, -0.2) is 16.2 Å². The lowest BCUT2D eigenvalue weighted by atomic mass is 9.93. The molecule has 0 atom stereocenters. The second kappa shape index (κ2) is 5.00. The summed E-state index contributed by atoms with van der Waals surface area (Å²) in [5.41, 5.74) is 5.44. The molecule has 0 heterocycles. The van der Waals surface area contributed by atoms with E-state index in [1.807, 2.05) is 38.1 Å². The van der Waals surface area contributed by atoms with E-state index in [4.69, 9.17) is 0 Å². The van der Waals surface area contributed by atoms with Crippen molar-refractivity contribution in [3.05, 3.63) is 52.1 Å². The van der Waals surface area contributed by atoms with Gasteiger partial charge in [0.1, 0.15) is 5.75 Å². The Labute approximate surface area is 118 Å². The third kappa shape index (κ3) is 2.39. The van der Waals surface area contributed by atoms with Gasteiger partial charge in [-0.2, -0.15) is 0 Å². The highest BCUT2D eigenvalue weighted by molar-refractivity contribution is 5.92. The van der Waals surface area contributed by atoms with Crippen LogP contribution in [0.5, 0.6) is 5.75 Å². The van der Waals surface area contributed by atoms with Crippen LogP contribution in [-0.2, 0) is 0 Å². The van der Waals surface area contributed by atoms with E-state index in [2.05, 4.69) is 0 Å². The third-order valence-electron chi connectivity index (χ3n) is 3.57. The normalized spacial score (nSPS) is 10.6. The van der Waals surface area contributed by atoms with Gasteiger partial charge >= 0.3 is 5.97 Å². The first-order chi connectivity index (χ1) is 9.31. The Morgan fingerprint density at radius 3 is 1.50 bits per heavy atom. The first-order valence-corrected chi connectivity index (χ1v) is 6.46. The molecule has 0 fully saturated rings. The lowest BCUT2D eigenvalue weighted by Crippen LogP contribution is -2.03. The van der Waals surface area contributed by atoms with Gasteiger partial charge < -0.3 is 10.2 Å². The Hall–Kier alpha value is -2.29. The molecule has 3 heteroatoms. The number of hydrogen-bond acceptors (Lipinski definition) is 2. The Bertz CT molecular complexity index is 653. The fourth-order valence-corrected chi connectivity index (χ4v) is 2.59. The van der Waals surface area contributed by atoms with Gasteiger partial charge in [-0.05, 0) is 73.2 Å². The molecule has 0 saturated heterocycles.